The van der Waals surface area contributed by atoms with E-state index in [0.717, 1.165) is 43.9 Å². The number of likely N-dealkylation sites (tertiary alicyclic amines) is 2. The number of carbonyl (C=O) groups excluding carboxylic acids is 1. The van der Waals surface area contributed by atoms with Crippen molar-refractivity contribution < 1.29 is 4.79 Å². The van der Waals surface area contributed by atoms with E-state index in [4.69, 9.17) is 11.6 Å². The molecule has 3 rings (SSSR count). The maximum absolute atomic E-state index is 11.8. The molecule has 4 heteroatoms. The molecule has 3 nitrogen and oxygen atoms in total. The van der Waals surface area contributed by atoms with E-state index in [-0.39, 0.29) is 5.91 Å². The Hall–Kier alpha value is -1.06. The first-order valence-corrected chi connectivity index (χ1v) is 8.79. The van der Waals surface area contributed by atoms with Gasteiger partial charge < -0.3 is 4.90 Å². The van der Waals surface area contributed by atoms with Gasteiger partial charge >= 0.3 is 0 Å². The van der Waals surface area contributed by atoms with Crippen molar-refractivity contribution in [2.24, 2.45) is 0 Å². The third-order valence-electron chi connectivity index (χ3n) is 5.19. The third kappa shape index (κ3) is 3.31. The standard InChI is InChI=1S/C18H25ClN2O/c1-14(22)21-12-5-9-18(21)17-8-4-11-20(17)13-10-15-6-2-3-7-16(15)19/h2-3,6-7,17-18H,4-5,8-13H2,1H3/t17-,18-/m0/s1. The first kappa shape index (κ1) is 15.8. The number of hydrogen-bond acceptors (Lipinski definition) is 2. The molecule has 1 aromatic rings. The van der Waals surface area contributed by atoms with Gasteiger partial charge in [0, 0.05) is 37.1 Å². The van der Waals surface area contributed by atoms with Crippen molar-refractivity contribution in [2.45, 2.75) is 51.1 Å². The third-order valence-corrected chi connectivity index (χ3v) is 5.56. The van der Waals surface area contributed by atoms with E-state index in [9.17, 15) is 4.79 Å². The fourth-order valence-corrected chi connectivity index (χ4v) is 4.34. The Bertz CT molecular complexity index is 534. The average molecular weight is 321 g/mol. The van der Waals surface area contributed by atoms with Crippen LogP contribution in [-0.4, -0.2) is 47.4 Å². The Balaban J connectivity index is 1.63. The highest BCUT2D eigenvalue weighted by Gasteiger charge is 2.38. The maximum Gasteiger partial charge on any atom is 0.219 e. The first-order valence-electron chi connectivity index (χ1n) is 8.41. The van der Waals surface area contributed by atoms with Crippen molar-refractivity contribution in [1.82, 2.24) is 9.80 Å². The second-order valence-electron chi connectivity index (χ2n) is 6.51. The SMILES string of the molecule is CC(=O)N1CCC[C@H]1[C@@H]1CCCN1CCc1ccccc1Cl. The monoisotopic (exact) mass is 320 g/mol. The highest BCUT2D eigenvalue weighted by molar-refractivity contribution is 6.31. The second-order valence-corrected chi connectivity index (χ2v) is 6.92. The number of rotatable bonds is 4. The summed E-state index contributed by atoms with van der Waals surface area (Å²) in [6.07, 6.45) is 5.77. The van der Waals surface area contributed by atoms with E-state index >= 15 is 0 Å². The molecule has 120 valence electrons. The zero-order valence-electron chi connectivity index (χ0n) is 13.3. The summed E-state index contributed by atoms with van der Waals surface area (Å²) in [6.45, 7) is 4.84. The van der Waals surface area contributed by atoms with Crippen LogP contribution in [0.4, 0.5) is 0 Å². The normalized spacial score (nSPS) is 25.8. The molecule has 22 heavy (non-hydrogen) atoms. The van der Waals surface area contributed by atoms with Gasteiger partial charge in [0.05, 0.1) is 0 Å². The summed E-state index contributed by atoms with van der Waals surface area (Å²) in [5.41, 5.74) is 1.23. The molecular formula is C18H25ClN2O. The quantitative estimate of drug-likeness (QED) is 0.849. The van der Waals surface area contributed by atoms with Crippen LogP contribution < -0.4 is 0 Å². The van der Waals surface area contributed by atoms with Crippen LogP contribution in [0.25, 0.3) is 0 Å². The highest BCUT2D eigenvalue weighted by Crippen LogP contribution is 2.30. The van der Waals surface area contributed by atoms with Gasteiger partial charge in [-0.3, -0.25) is 9.69 Å². The summed E-state index contributed by atoms with van der Waals surface area (Å²) < 4.78 is 0. The fourth-order valence-electron chi connectivity index (χ4n) is 4.11. The molecule has 2 aliphatic rings. The minimum absolute atomic E-state index is 0.237. The van der Waals surface area contributed by atoms with Gasteiger partial charge in [0.1, 0.15) is 0 Å². The molecule has 2 aliphatic heterocycles. The molecule has 0 saturated carbocycles. The molecule has 1 aromatic carbocycles. The molecule has 1 amide bonds. The Labute approximate surface area is 138 Å². The van der Waals surface area contributed by atoms with Crippen molar-refractivity contribution in [1.29, 1.82) is 0 Å². The lowest BCUT2D eigenvalue weighted by atomic mass is 10.0. The smallest absolute Gasteiger partial charge is 0.219 e. The summed E-state index contributed by atoms with van der Waals surface area (Å²) in [6, 6.07) is 9.07. The number of benzene rings is 1. The number of halogens is 1. The molecule has 0 unspecified atom stereocenters. The minimum atomic E-state index is 0.237. The topological polar surface area (TPSA) is 23.6 Å². The van der Waals surface area contributed by atoms with Crippen LogP contribution in [-0.2, 0) is 11.2 Å². The largest absolute Gasteiger partial charge is 0.338 e. The zero-order valence-corrected chi connectivity index (χ0v) is 14.1. The Morgan fingerprint density at radius 1 is 1.18 bits per heavy atom. The van der Waals surface area contributed by atoms with Crippen LogP contribution >= 0.6 is 11.6 Å². The molecule has 0 spiro atoms. The first-order chi connectivity index (χ1) is 10.7. The number of amides is 1. The van der Waals surface area contributed by atoms with Gasteiger partial charge in [-0.1, -0.05) is 29.8 Å². The summed E-state index contributed by atoms with van der Waals surface area (Å²) >= 11 is 6.27. The maximum atomic E-state index is 11.8. The van der Waals surface area contributed by atoms with E-state index in [2.05, 4.69) is 21.9 Å². The zero-order chi connectivity index (χ0) is 15.5. The van der Waals surface area contributed by atoms with Gasteiger partial charge in [0.15, 0.2) is 0 Å². The lowest BCUT2D eigenvalue weighted by molar-refractivity contribution is -0.130. The second kappa shape index (κ2) is 7.01. The van der Waals surface area contributed by atoms with Gasteiger partial charge in [-0.05, 0) is 50.3 Å². The molecule has 2 saturated heterocycles. The number of nitrogens with zero attached hydrogens (tertiary/aromatic N) is 2. The molecule has 0 aliphatic carbocycles. The molecule has 2 fully saturated rings. The van der Waals surface area contributed by atoms with E-state index < -0.39 is 0 Å². The van der Waals surface area contributed by atoms with Gasteiger partial charge in [0.2, 0.25) is 5.91 Å². The number of carbonyl (C=O) groups is 1. The fraction of sp³-hybridized carbons (Fsp3) is 0.611. The van der Waals surface area contributed by atoms with Crippen LogP contribution in [0.5, 0.6) is 0 Å². The lowest BCUT2D eigenvalue weighted by Crippen LogP contribution is -2.48. The molecular weight excluding hydrogens is 296 g/mol. The minimum Gasteiger partial charge on any atom is -0.338 e. The summed E-state index contributed by atoms with van der Waals surface area (Å²) in [4.78, 5) is 16.5. The van der Waals surface area contributed by atoms with Crippen molar-refractivity contribution in [3.8, 4) is 0 Å². The molecule has 0 N–H and O–H groups in total. The molecule has 0 aromatic heterocycles. The molecule has 2 atom stereocenters. The Morgan fingerprint density at radius 3 is 2.68 bits per heavy atom. The van der Waals surface area contributed by atoms with Crippen LogP contribution in [0.1, 0.15) is 38.2 Å². The lowest BCUT2D eigenvalue weighted by Gasteiger charge is -2.34. The Morgan fingerprint density at radius 2 is 1.91 bits per heavy atom. The average Bonchev–Trinajstić information content (AvgIpc) is 3.14. The van der Waals surface area contributed by atoms with Crippen LogP contribution in [0.3, 0.4) is 0 Å². The summed E-state index contributed by atoms with van der Waals surface area (Å²) in [7, 11) is 0. The summed E-state index contributed by atoms with van der Waals surface area (Å²) in [5.74, 6) is 0.237. The van der Waals surface area contributed by atoms with Gasteiger partial charge in [-0.25, -0.2) is 0 Å². The van der Waals surface area contributed by atoms with E-state index in [1.165, 1.54) is 18.4 Å². The highest BCUT2D eigenvalue weighted by atomic mass is 35.5. The Kier molecular flexibility index (Phi) is 5.04. The van der Waals surface area contributed by atoms with Crippen LogP contribution in [0.2, 0.25) is 5.02 Å². The van der Waals surface area contributed by atoms with Crippen molar-refractivity contribution in [2.75, 3.05) is 19.6 Å². The van der Waals surface area contributed by atoms with Gasteiger partial charge in [-0.2, -0.15) is 0 Å². The molecule has 0 radical (unpaired) electrons. The van der Waals surface area contributed by atoms with Gasteiger partial charge in [0.25, 0.3) is 0 Å². The van der Waals surface area contributed by atoms with Crippen LogP contribution in [0.15, 0.2) is 24.3 Å². The van der Waals surface area contributed by atoms with E-state index in [1.54, 1.807) is 6.92 Å². The van der Waals surface area contributed by atoms with E-state index in [0.29, 0.717) is 12.1 Å². The predicted octanol–water partition coefficient (Wildman–Crippen LogP) is 3.36. The summed E-state index contributed by atoms with van der Waals surface area (Å²) in [5, 5.41) is 0.865. The van der Waals surface area contributed by atoms with Crippen molar-refractivity contribution in [3.05, 3.63) is 34.9 Å². The van der Waals surface area contributed by atoms with Crippen molar-refractivity contribution in [3.63, 3.8) is 0 Å². The molecule has 2 heterocycles. The predicted molar refractivity (Wildman–Crippen MR) is 90.2 cm³/mol. The van der Waals surface area contributed by atoms with E-state index in [1.807, 2.05) is 12.1 Å². The van der Waals surface area contributed by atoms with Crippen molar-refractivity contribution >= 4 is 17.5 Å². The van der Waals surface area contributed by atoms with Gasteiger partial charge in [-0.15, -0.1) is 0 Å². The van der Waals surface area contributed by atoms with Crippen LogP contribution in [0, 0.1) is 0 Å². The molecule has 0 bridgehead atoms. The number of hydrogen-bond donors (Lipinski definition) is 0.